The van der Waals surface area contributed by atoms with Gasteiger partial charge in [-0.1, -0.05) is 48.5 Å². The molecule has 1 N–H and O–H groups in total. The summed E-state index contributed by atoms with van der Waals surface area (Å²) in [5, 5.41) is 2.67. The molecule has 0 aliphatic carbocycles. The number of nitrogens with zero attached hydrogens (tertiary/aromatic N) is 1. The second-order valence-electron chi connectivity index (χ2n) is 5.99. The Kier molecular flexibility index (Phi) is 5.06. The van der Waals surface area contributed by atoms with E-state index in [0.29, 0.717) is 0 Å². The highest BCUT2D eigenvalue weighted by molar-refractivity contribution is 5.94. The second-order valence-corrected chi connectivity index (χ2v) is 5.99. The van der Waals surface area contributed by atoms with E-state index in [9.17, 15) is 9.18 Å². The molecule has 2 aromatic rings. The fourth-order valence-electron chi connectivity index (χ4n) is 2.92. The lowest BCUT2D eigenvalue weighted by molar-refractivity contribution is -0.120. The number of hydrogen-bond donors (Lipinski definition) is 1. The fourth-order valence-corrected chi connectivity index (χ4v) is 2.92. The van der Waals surface area contributed by atoms with Crippen LogP contribution in [0.25, 0.3) is 5.57 Å². The number of anilines is 1. The minimum atomic E-state index is -0.414. The van der Waals surface area contributed by atoms with Crippen LogP contribution in [0.5, 0.6) is 0 Å². The summed E-state index contributed by atoms with van der Waals surface area (Å²) in [5.74, 6) is -0.598. The van der Waals surface area contributed by atoms with Crippen molar-refractivity contribution in [3.63, 3.8) is 0 Å². The van der Waals surface area contributed by atoms with Gasteiger partial charge in [-0.3, -0.25) is 9.69 Å². The van der Waals surface area contributed by atoms with Gasteiger partial charge in [-0.05, 0) is 36.6 Å². The molecule has 2 aromatic carbocycles. The van der Waals surface area contributed by atoms with Crippen LogP contribution in [0.1, 0.15) is 18.9 Å². The van der Waals surface area contributed by atoms with Crippen molar-refractivity contribution in [2.24, 2.45) is 0 Å². The van der Waals surface area contributed by atoms with E-state index in [1.807, 2.05) is 25.1 Å². The predicted octanol–water partition coefficient (Wildman–Crippen LogP) is 3.94. The van der Waals surface area contributed by atoms with Gasteiger partial charge < -0.3 is 5.32 Å². The van der Waals surface area contributed by atoms with Gasteiger partial charge in [0.2, 0.25) is 5.91 Å². The Balaban J connectivity index is 1.62. The maximum atomic E-state index is 13.7. The quantitative estimate of drug-likeness (QED) is 0.924. The Labute approximate surface area is 141 Å². The van der Waals surface area contributed by atoms with Gasteiger partial charge in [-0.25, -0.2) is 4.39 Å². The van der Waals surface area contributed by atoms with E-state index in [2.05, 4.69) is 28.4 Å². The van der Waals surface area contributed by atoms with Gasteiger partial charge in [0.15, 0.2) is 0 Å². The number of nitrogens with one attached hydrogen (secondary N) is 1. The molecule has 0 fully saturated rings. The minimum absolute atomic E-state index is 0.184. The Hall–Kier alpha value is -2.46. The highest BCUT2D eigenvalue weighted by Crippen LogP contribution is 2.23. The number of benzene rings is 2. The Morgan fingerprint density at radius 3 is 2.50 bits per heavy atom. The summed E-state index contributed by atoms with van der Waals surface area (Å²) in [5.41, 5.74) is 2.78. The molecule has 0 saturated carbocycles. The first-order chi connectivity index (χ1) is 11.6. The maximum Gasteiger partial charge on any atom is 0.241 e. The maximum absolute atomic E-state index is 13.7. The van der Waals surface area contributed by atoms with E-state index in [0.717, 1.165) is 19.5 Å². The van der Waals surface area contributed by atoms with E-state index >= 15 is 0 Å². The van der Waals surface area contributed by atoms with Crippen molar-refractivity contribution in [2.45, 2.75) is 19.4 Å². The van der Waals surface area contributed by atoms with Gasteiger partial charge in [0, 0.05) is 13.1 Å². The molecular weight excluding hydrogens is 303 g/mol. The average Bonchev–Trinajstić information content (AvgIpc) is 2.64. The lowest BCUT2D eigenvalue weighted by Gasteiger charge is -2.31. The molecule has 0 aromatic heterocycles. The van der Waals surface area contributed by atoms with Gasteiger partial charge in [-0.15, -0.1) is 0 Å². The first-order valence-corrected chi connectivity index (χ1v) is 8.19. The van der Waals surface area contributed by atoms with E-state index in [1.165, 1.54) is 17.2 Å². The molecular formula is C20H21FN2O. The molecule has 0 unspecified atom stereocenters. The Morgan fingerprint density at radius 1 is 1.12 bits per heavy atom. The van der Waals surface area contributed by atoms with Crippen LogP contribution in [-0.4, -0.2) is 29.9 Å². The Morgan fingerprint density at radius 2 is 1.83 bits per heavy atom. The van der Waals surface area contributed by atoms with Crippen LogP contribution >= 0.6 is 0 Å². The molecule has 4 heteroatoms. The molecule has 0 saturated heterocycles. The number of rotatable bonds is 4. The van der Waals surface area contributed by atoms with Gasteiger partial charge >= 0.3 is 0 Å². The molecule has 0 bridgehead atoms. The van der Waals surface area contributed by atoms with Gasteiger partial charge in [-0.2, -0.15) is 0 Å². The molecule has 24 heavy (non-hydrogen) atoms. The third-order valence-corrected chi connectivity index (χ3v) is 4.44. The molecule has 1 aliphatic rings. The lowest BCUT2D eigenvalue weighted by atomic mass is 9.99. The van der Waals surface area contributed by atoms with Crippen LogP contribution in [0.15, 0.2) is 60.7 Å². The predicted molar refractivity (Wildman–Crippen MR) is 95.1 cm³/mol. The first-order valence-electron chi connectivity index (χ1n) is 8.19. The van der Waals surface area contributed by atoms with Crippen molar-refractivity contribution in [2.75, 3.05) is 18.4 Å². The summed E-state index contributed by atoms with van der Waals surface area (Å²) in [4.78, 5) is 14.5. The SMILES string of the molecule is C[C@@H](C(=O)Nc1ccccc1F)N1CC=C(c2ccccc2)CC1. The minimum Gasteiger partial charge on any atom is -0.322 e. The number of halogens is 1. The molecule has 0 spiro atoms. The van der Waals surface area contributed by atoms with E-state index in [4.69, 9.17) is 0 Å². The van der Waals surface area contributed by atoms with Crippen molar-refractivity contribution in [3.8, 4) is 0 Å². The topological polar surface area (TPSA) is 32.3 Å². The van der Waals surface area contributed by atoms with Gasteiger partial charge in [0.05, 0.1) is 11.7 Å². The second kappa shape index (κ2) is 7.41. The highest BCUT2D eigenvalue weighted by atomic mass is 19.1. The van der Waals surface area contributed by atoms with Gasteiger partial charge in [0.1, 0.15) is 5.82 Å². The van der Waals surface area contributed by atoms with Crippen molar-refractivity contribution in [1.82, 2.24) is 4.90 Å². The average molecular weight is 324 g/mol. The number of para-hydroxylation sites is 1. The summed E-state index contributed by atoms with van der Waals surface area (Å²) >= 11 is 0. The molecule has 3 nitrogen and oxygen atoms in total. The number of carbonyl (C=O) groups is 1. The summed E-state index contributed by atoms with van der Waals surface area (Å²) in [6.07, 6.45) is 3.08. The zero-order chi connectivity index (χ0) is 16.9. The van der Waals surface area contributed by atoms with Crippen molar-refractivity contribution in [3.05, 3.63) is 72.1 Å². The van der Waals surface area contributed by atoms with Crippen LogP contribution in [0.3, 0.4) is 0 Å². The molecule has 0 radical (unpaired) electrons. The summed E-state index contributed by atoms with van der Waals surface area (Å²) in [7, 11) is 0. The largest absolute Gasteiger partial charge is 0.322 e. The smallest absolute Gasteiger partial charge is 0.241 e. The third kappa shape index (κ3) is 3.71. The first kappa shape index (κ1) is 16.4. The zero-order valence-corrected chi connectivity index (χ0v) is 13.7. The Bertz CT molecular complexity index is 742. The van der Waals surface area contributed by atoms with Crippen molar-refractivity contribution >= 4 is 17.2 Å². The van der Waals surface area contributed by atoms with Crippen LogP contribution < -0.4 is 5.32 Å². The number of hydrogen-bond acceptors (Lipinski definition) is 2. The van der Waals surface area contributed by atoms with Gasteiger partial charge in [0.25, 0.3) is 0 Å². The number of carbonyl (C=O) groups excluding carboxylic acids is 1. The summed E-state index contributed by atoms with van der Waals surface area (Å²) in [6, 6.07) is 16.2. The van der Waals surface area contributed by atoms with Crippen LogP contribution in [0, 0.1) is 5.82 Å². The molecule has 1 aliphatic heterocycles. The lowest BCUT2D eigenvalue weighted by Crippen LogP contribution is -2.44. The van der Waals surface area contributed by atoms with Crippen molar-refractivity contribution < 1.29 is 9.18 Å². The van der Waals surface area contributed by atoms with E-state index in [-0.39, 0.29) is 17.6 Å². The molecule has 3 rings (SSSR count). The fraction of sp³-hybridized carbons (Fsp3) is 0.250. The van der Waals surface area contributed by atoms with Crippen LogP contribution in [0.4, 0.5) is 10.1 Å². The zero-order valence-electron chi connectivity index (χ0n) is 13.7. The van der Waals surface area contributed by atoms with E-state index in [1.54, 1.807) is 18.2 Å². The molecule has 1 heterocycles. The number of amides is 1. The van der Waals surface area contributed by atoms with E-state index < -0.39 is 5.82 Å². The summed E-state index contributed by atoms with van der Waals surface area (Å²) < 4.78 is 13.7. The monoisotopic (exact) mass is 324 g/mol. The standard InChI is InChI=1S/C20H21FN2O/c1-15(20(24)22-19-10-6-5-9-18(19)21)23-13-11-17(12-14-23)16-7-3-2-4-8-16/h2-11,15H,12-14H2,1H3,(H,22,24)/t15-/m0/s1. The van der Waals surface area contributed by atoms with Crippen LogP contribution in [0.2, 0.25) is 0 Å². The molecule has 124 valence electrons. The van der Waals surface area contributed by atoms with Crippen LogP contribution in [-0.2, 0) is 4.79 Å². The summed E-state index contributed by atoms with van der Waals surface area (Å²) in [6.45, 7) is 3.39. The highest BCUT2D eigenvalue weighted by Gasteiger charge is 2.23. The molecule has 1 atom stereocenters. The normalized spacial score (nSPS) is 16.3. The third-order valence-electron chi connectivity index (χ3n) is 4.44. The molecule has 1 amide bonds. The van der Waals surface area contributed by atoms with Crippen molar-refractivity contribution in [1.29, 1.82) is 0 Å².